The number of hydrogen-bond donors (Lipinski definition) is 1. The first-order valence-corrected chi connectivity index (χ1v) is 13.1. The van der Waals surface area contributed by atoms with Crippen LogP contribution in [0.25, 0.3) is 0 Å². The van der Waals surface area contributed by atoms with Crippen molar-refractivity contribution >= 4 is 0 Å². The van der Waals surface area contributed by atoms with E-state index in [1.165, 1.54) is 77.0 Å². The maximum Gasteiger partial charge on any atom is 0.0462 e. The largest absolute Gasteiger partial charge is 0.396 e. The summed E-state index contributed by atoms with van der Waals surface area (Å²) in [5.74, 6) is 4.87. The van der Waals surface area contributed by atoms with Crippen LogP contribution in [0, 0.1) is 46.3 Å². The fourth-order valence-electron chi connectivity index (χ4n) is 9.02. The number of aliphatic hydroxyl groups is 1. The number of fused-ring (bicyclic) bond motifs is 4. The molecule has 0 aromatic heterocycles. The van der Waals surface area contributed by atoms with Crippen molar-refractivity contribution in [1.29, 1.82) is 0 Å². The first-order chi connectivity index (χ1) is 13.8. The van der Waals surface area contributed by atoms with E-state index < -0.39 is 0 Å². The highest BCUT2D eigenvalue weighted by Crippen LogP contribution is 2.66. The van der Waals surface area contributed by atoms with Crippen LogP contribution in [0.5, 0.6) is 0 Å². The van der Waals surface area contributed by atoms with Gasteiger partial charge in [-0.15, -0.1) is 0 Å². The zero-order valence-electron chi connectivity index (χ0n) is 20.1. The molecular formula is C28H48O. The first kappa shape index (κ1) is 21.9. The second-order valence-electron chi connectivity index (χ2n) is 12.4. The molecule has 4 aliphatic rings. The summed E-state index contributed by atoms with van der Waals surface area (Å²) in [6.07, 6.45) is 16.7. The van der Waals surface area contributed by atoms with Gasteiger partial charge in [0.25, 0.3) is 0 Å². The molecule has 0 saturated heterocycles. The predicted octanol–water partition coefficient (Wildman–Crippen LogP) is 7.78. The molecule has 2 saturated carbocycles. The minimum absolute atomic E-state index is 0.404. The standard InChI is InChI=1S/C28H48O/c1-19(2)8-6-9-20(3)23-13-14-25-22-11-12-24-21(18-29)10-7-16-27(24,4)26(22)15-17-28(23,25)5/h19-21,23-25,29H,6-18H2,1-5H3/t20-,21+,23-,24+,25+,27+,28-/m1/s1. The molecule has 0 aliphatic heterocycles. The normalized spacial score (nSPS) is 43.1. The van der Waals surface area contributed by atoms with Gasteiger partial charge in [0.05, 0.1) is 0 Å². The van der Waals surface area contributed by atoms with Crippen LogP contribution in [-0.2, 0) is 0 Å². The third kappa shape index (κ3) is 3.66. The number of rotatable bonds is 6. The molecule has 1 N–H and O–H groups in total. The van der Waals surface area contributed by atoms with Gasteiger partial charge in [-0.1, -0.05) is 71.4 Å². The summed E-state index contributed by atoms with van der Waals surface area (Å²) in [7, 11) is 0. The third-order valence-electron chi connectivity index (χ3n) is 10.6. The summed E-state index contributed by atoms with van der Waals surface area (Å²) < 4.78 is 0. The molecule has 0 heterocycles. The monoisotopic (exact) mass is 400 g/mol. The molecule has 0 unspecified atom stereocenters. The Balaban J connectivity index is 1.54. The van der Waals surface area contributed by atoms with Gasteiger partial charge in [-0.05, 0) is 97.7 Å². The Morgan fingerprint density at radius 3 is 2.48 bits per heavy atom. The summed E-state index contributed by atoms with van der Waals surface area (Å²) in [4.78, 5) is 0. The summed E-state index contributed by atoms with van der Waals surface area (Å²) in [6, 6.07) is 0. The minimum atomic E-state index is 0.404. The van der Waals surface area contributed by atoms with Gasteiger partial charge in [0.15, 0.2) is 0 Å². The number of aliphatic hydroxyl groups excluding tert-OH is 1. The minimum Gasteiger partial charge on any atom is -0.396 e. The van der Waals surface area contributed by atoms with Crippen molar-refractivity contribution in [1.82, 2.24) is 0 Å². The Morgan fingerprint density at radius 1 is 0.966 bits per heavy atom. The Labute approximate surface area is 181 Å². The van der Waals surface area contributed by atoms with Crippen molar-refractivity contribution in [2.75, 3.05) is 6.61 Å². The second-order valence-corrected chi connectivity index (χ2v) is 12.4. The summed E-state index contributed by atoms with van der Waals surface area (Å²) in [6.45, 7) is 13.0. The Bertz CT molecular complexity index is 618. The molecule has 0 aromatic rings. The maximum atomic E-state index is 10.0. The van der Waals surface area contributed by atoms with E-state index >= 15 is 0 Å². The van der Waals surface area contributed by atoms with Crippen LogP contribution in [0.3, 0.4) is 0 Å². The van der Waals surface area contributed by atoms with Gasteiger partial charge in [0.1, 0.15) is 0 Å². The van der Waals surface area contributed by atoms with Gasteiger partial charge >= 0.3 is 0 Å². The summed E-state index contributed by atoms with van der Waals surface area (Å²) in [5, 5.41) is 10.0. The van der Waals surface area contributed by atoms with E-state index in [9.17, 15) is 5.11 Å². The molecule has 0 aromatic carbocycles. The van der Waals surface area contributed by atoms with Crippen LogP contribution in [0.15, 0.2) is 11.1 Å². The van der Waals surface area contributed by atoms with E-state index in [0.717, 1.165) is 29.6 Å². The average Bonchev–Trinajstić information content (AvgIpc) is 3.03. The molecule has 0 amide bonds. The van der Waals surface area contributed by atoms with Crippen molar-refractivity contribution < 1.29 is 5.11 Å². The molecule has 1 heteroatoms. The van der Waals surface area contributed by atoms with E-state index in [1.54, 1.807) is 0 Å². The molecule has 29 heavy (non-hydrogen) atoms. The molecule has 1 nitrogen and oxygen atoms in total. The maximum absolute atomic E-state index is 10.0. The summed E-state index contributed by atoms with van der Waals surface area (Å²) in [5.41, 5.74) is 4.78. The van der Waals surface area contributed by atoms with Crippen molar-refractivity contribution in [2.45, 2.75) is 112 Å². The van der Waals surface area contributed by atoms with Crippen LogP contribution < -0.4 is 0 Å². The molecule has 4 aliphatic carbocycles. The highest BCUT2D eigenvalue weighted by atomic mass is 16.3. The highest BCUT2D eigenvalue weighted by molar-refractivity contribution is 5.34. The van der Waals surface area contributed by atoms with Crippen LogP contribution >= 0.6 is 0 Å². The van der Waals surface area contributed by atoms with E-state index in [4.69, 9.17) is 0 Å². The van der Waals surface area contributed by atoms with Crippen molar-refractivity contribution in [3.63, 3.8) is 0 Å². The third-order valence-corrected chi connectivity index (χ3v) is 10.6. The molecule has 0 bridgehead atoms. The molecule has 0 spiro atoms. The molecule has 166 valence electrons. The van der Waals surface area contributed by atoms with Gasteiger partial charge in [-0.25, -0.2) is 0 Å². The lowest BCUT2D eigenvalue weighted by molar-refractivity contribution is 0.0162. The average molecular weight is 401 g/mol. The SMILES string of the molecule is CC(C)CCC[C@@H](C)[C@H]1CC[C@H]2C3=C(CC[C@]12C)[C@@]1(C)CCC[C@@H](CO)[C@@H]1CC3. The van der Waals surface area contributed by atoms with E-state index in [2.05, 4.69) is 34.6 Å². The quantitative estimate of drug-likeness (QED) is 0.451. The van der Waals surface area contributed by atoms with Crippen LogP contribution in [-0.4, -0.2) is 11.7 Å². The van der Waals surface area contributed by atoms with E-state index in [0.29, 0.717) is 23.4 Å². The molecule has 7 atom stereocenters. The first-order valence-electron chi connectivity index (χ1n) is 13.1. The topological polar surface area (TPSA) is 20.2 Å². The van der Waals surface area contributed by atoms with E-state index in [1.807, 2.05) is 11.1 Å². The van der Waals surface area contributed by atoms with Gasteiger partial charge in [-0.3, -0.25) is 0 Å². The molecular weight excluding hydrogens is 352 g/mol. The van der Waals surface area contributed by atoms with Crippen molar-refractivity contribution in [3.8, 4) is 0 Å². The highest BCUT2D eigenvalue weighted by Gasteiger charge is 2.56. The van der Waals surface area contributed by atoms with Crippen LogP contribution in [0.4, 0.5) is 0 Å². The lowest BCUT2D eigenvalue weighted by Gasteiger charge is -2.56. The molecule has 4 rings (SSSR count). The Morgan fingerprint density at radius 2 is 1.76 bits per heavy atom. The zero-order chi connectivity index (χ0) is 20.8. The Hall–Kier alpha value is -0.300. The zero-order valence-corrected chi connectivity index (χ0v) is 20.1. The van der Waals surface area contributed by atoms with Gasteiger partial charge in [0, 0.05) is 6.61 Å². The lowest BCUT2D eigenvalue weighted by atomic mass is 9.49. The van der Waals surface area contributed by atoms with Gasteiger partial charge in [-0.2, -0.15) is 0 Å². The smallest absolute Gasteiger partial charge is 0.0462 e. The fourth-order valence-corrected chi connectivity index (χ4v) is 9.02. The second kappa shape index (κ2) is 8.33. The Kier molecular flexibility index (Phi) is 6.29. The van der Waals surface area contributed by atoms with Crippen LogP contribution in [0.1, 0.15) is 112 Å². The number of hydrogen-bond acceptors (Lipinski definition) is 1. The predicted molar refractivity (Wildman–Crippen MR) is 124 cm³/mol. The van der Waals surface area contributed by atoms with Gasteiger partial charge < -0.3 is 5.11 Å². The number of allylic oxidation sites excluding steroid dienone is 2. The van der Waals surface area contributed by atoms with Gasteiger partial charge in [0.2, 0.25) is 0 Å². The molecule has 0 radical (unpaired) electrons. The fraction of sp³-hybridized carbons (Fsp3) is 0.929. The van der Waals surface area contributed by atoms with Crippen LogP contribution in [0.2, 0.25) is 0 Å². The van der Waals surface area contributed by atoms with Crippen molar-refractivity contribution in [2.24, 2.45) is 46.3 Å². The molecule has 2 fully saturated rings. The van der Waals surface area contributed by atoms with E-state index in [-0.39, 0.29) is 0 Å². The van der Waals surface area contributed by atoms with Crippen molar-refractivity contribution in [3.05, 3.63) is 11.1 Å². The summed E-state index contributed by atoms with van der Waals surface area (Å²) >= 11 is 0. The lowest BCUT2D eigenvalue weighted by Crippen LogP contribution is -2.46.